The highest BCUT2D eigenvalue weighted by Crippen LogP contribution is 2.33. The van der Waals surface area contributed by atoms with E-state index in [9.17, 15) is 16.8 Å². The van der Waals surface area contributed by atoms with Gasteiger partial charge in [-0.2, -0.15) is 8.42 Å². The molecule has 10 heteroatoms. The number of primary sulfonamides is 1. The number of benzene rings is 2. The summed E-state index contributed by atoms with van der Waals surface area (Å²) in [6.07, 6.45) is 0. The Morgan fingerprint density at radius 2 is 1.41 bits per heavy atom. The summed E-state index contributed by atoms with van der Waals surface area (Å²) >= 11 is 11.6. The average Bonchev–Trinajstić information content (AvgIpc) is 2.43. The third-order valence-electron chi connectivity index (χ3n) is 2.56. The molecule has 22 heavy (non-hydrogen) atoms. The number of hydrogen-bond donors (Lipinski definition) is 1. The summed E-state index contributed by atoms with van der Waals surface area (Å²) in [4.78, 5) is -0.469. The summed E-state index contributed by atoms with van der Waals surface area (Å²) < 4.78 is 51.4. The molecule has 0 saturated carbocycles. The molecule has 0 aliphatic carbocycles. The van der Waals surface area contributed by atoms with Crippen LogP contribution in [0.15, 0.2) is 52.3 Å². The fourth-order valence-electron chi connectivity index (χ4n) is 1.51. The van der Waals surface area contributed by atoms with Crippen molar-refractivity contribution in [3.63, 3.8) is 0 Å². The Hall–Kier alpha value is -1.32. The van der Waals surface area contributed by atoms with E-state index in [1.165, 1.54) is 18.2 Å². The van der Waals surface area contributed by atoms with E-state index in [-0.39, 0.29) is 25.6 Å². The van der Waals surface area contributed by atoms with E-state index < -0.39 is 20.1 Å². The Bertz CT molecular complexity index is 909. The molecule has 2 aromatic carbocycles. The molecule has 0 atom stereocenters. The Kier molecular flexibility index (Phi) is 4.69. The van der Waals surface area contributed by atoms with Crippen LogP contribution in [0.4, 0.5) is 0 Å². The monoisotopic (exact) mass is 381 g/mol. The molecular weight excluding hydrogens is 373 g/mol. The van der Waals surface area contributed by atoms with Gasteiger partial charge in [0.25, 0.3) is 0 Å². The molecule has 2 aromatic rings. The van der Waals surface area contributed by atoms with Crippen LogP contribution >= 0.6 is 23.2 Å². The number of sulfonamides is 1. The molecule has 0 aliphatic heterocycles. The molecule has 0 aliphatic rings. The zero-order valence-electron chi connectivity index (χ0n) is 10.7. The van der Waals surface area contributed by atoms with E-state index >= 15 is 0 Å². The summed E-state index contributed by atoms with van der Waals surface area (Å²) in [5.41, 5.74) is 0. The largest absolute Gasteiger partial charge is 0.377 e. The first-order valence-corrected chi connectivity index (χ1v) is 9.34. The van der Waals surface area contributed by atoms with Crippen molar-refractivity contribution in [2.75, 3.05) is 0 Å². The highest BCUT2D eigenvalue weighted by Gasteiger charge is 2.20. The summed E-state index contributed by atoms with van der Waals surface area (Å²) in [6.45, 7) is 0. The lowest BCUT2D eigenvalue weighted by Gasteiger charge is -2.09. The highest BCUT2D eigenvalue weighted by atomic mass is 35.5. The summed E-state index contributed by atoms with van der Waals surface area (Å²) in [6, 6.07) is 8.54. The topological polar surface area (TPSA) is 104 Å². The van der Waals surface area contributed by atoms with E-state index in [2.05, 4.69) is 0 Å². The number of rotatable bonds is 4. The third-order valence-corrected chi connectivity index (χ3v) is 5.54. The smallest absolute Gasteiger partial charge is 0.339 e. The lowest BCUT2D eigenvalue weighted by molar-refractivity contribution is 0.486. The SMILES string of the molecule is NS(=O)(=O)c1ccc(S(=O)(=O)Oc2cccc(Cl)c2Cl)cc1. The lowest BCUT2D eigenvalue weighted by atomic mass is 10.3. The Morgan fingerprint density at radius 3 is 1.95 bits per heavy atom. The van der Waals surface area contributed by atoms with Crippen LogP contribution in [0.25, 0.3) is 0 Å². The fraction of sp³-hybridized carbons (Fsp3) is 0. The maximum absolute atomic E-state index is 12.1. The van der Waals surface area contributed by atoms with E-state index in [1.54, 1.807) is 0 Å². The van der Waals surface area contributed by atoms with Gasteiger partial charge in [-0.3, -0.25) is 0 Å². The second-order valence-corrected chi connectivity index (χ2v) is 8.00. The average molecular weight is 382 g/mol. The molecular formula is C12H9Cl2NO5S2. The highest BCUT2D eigenvalue weighted by molar-refractivity contribution is 7.89. The van der Waals surface area contributed by atoms with Gasteiger partial charge in [0.1, 0.15) is 9.92 Å². The third kappa shape index (κ3) is 3.71. The molecule has 2 rings (SSSR count). The predicted octanol–water partition coefficient (Wildman–Crippen LogP) is 2.41. The van der Waals surface area contributed by atoms with Gasteiger partial charge in [0, 0.05) is 0 Å². The Labute approximate surface area is 137 Å². The second kappa shape index (κ2) is 6.05. The zero-order valence-corrected chi connectivity index (χ0v) is 13.9. The predicted molar refractivity (Wildman–Crippen MR) is 82.1 cm³/mol. The minimum absolute atomic E-state index is 0.0473. The molecule has 0 amide bonds. The molecule has 0 aromatic heterocycles. The van der Waals surface area contributed by atoms with Gasteiger partial charge in [0.2, 0.25) is 10.0 Å². The van der Waals surface area contributed by atoms with Crippen LogP contribution in [0.3, 0.4) is 0 Å². The minimum Gasteiger partial charge on any atom is -0.377 e. The molecule has 0 spiro atoms. The molecule has 0 heterocycles. The maximum atomic E-state index is 12.1. The molecule has 0 radical (unpaired) electrons. The van der Waals surface area contributed by atoms with Crippen LogP contribution in [-0.4, -0.2) is 16.8 Å². The van der Waals surface area contributed by atoms with Crippen molar-refractivity contribution in [3.8, 4) is 5.75 Å². The molecule has 2 N–H and O–H groups in total. The van der Waals surface area contributed by atoms with Crippen LogP contribution in [0.5, 0.6) is 5.75 Å². The maximum Gasteiger partial charge on any atom is 0.339 e. The van der Waals surface area contributed by atoms with Gasteiger partial charge in [0.15, 0.2) is 5.75 Å². The van der Waals surface area contributed by atoms with Gasteiger partial charge in [-0.15, -0.1) is 0 Å². The van der Waals surface area contributed by atoms with Crippen LogP contribution in [0.2, 0.25) is 10.0 Å². The summed E-state index contributed by atoms with van der Waals surface area (Å²) in [5, 5.41) is 5.03. The normalized spacial score (nSPS) is 12.1. The van der Waals surface area contributed by atoms with E-state index in [0.717, 1.165) is 24.3 Å². The quantitative estimate of drug-likeness (QED) is 0.818. The number of nitrogens with two attached hydrogens (primary N) is 1. The summed E-state index contributed by atoms with van der Waals surface area (Å²) in [5.74, 6) is -0.135. The van der Waals surface area contributed by atoms with Crippen LogP contribution in [-0.2, 0) is 20.1 Å². The first kappa shape index (κ1) is 17.0. The van der Waals surface area contributed by atoms with E-state index in [4.69, 9.17) is 32.5 Å². The van der Waals surface area contributed by atoms with Gasteiger partial charge in [-0.05, 0) is 36.4 Å². The lowest BCUT2D eigenvalue weighted by Crippen LogP contribution is -2.13. The first-order valence-electron chi connectivity index (χ1n) is 5.62. The van der Waals surface area contributed by atoms with Crippen LogP contribution < -0.4 is 9.32 Å². The van der Waals surface area contributed by atoms with Crippen molar-refractivity contribution in [2.24, 2.45) is 5.14 Å². The second-order valence-electron chi connectivity index (χ2n) is 4.11. The molecule has 6 nitrogen and oxygen atoms in total. The van der Waals surface area contributed by atoms with Gasteiger partial charge in [-0.1, -0.05) is 29.3 Å². The van der Waals surface area contributed by atoms with Crippen LogP contribution in [0, 0.1) is 0 Å². The van der Waals surface area contributed by atoms with E-state index in [0.29, 0.717) is 0 Å². The molecule has 0 fully saturated rings. The molecule has 0 unspecified atom stereocenters. The van der Waals surface area contributed by atoms with Crippen molar-refractivity contribution in [1.82, 2.24) is 0 Å². The van der Waals surface area contributed by atoms with Gasteiger partial charge >= 0.3 is 10.1 Å². The molecule has 0 bridgehead atoms. The summed E-state index contributed by atoms with van der Waals surface area (Å²) in [7, 11) is -8.10. The molecule has 0 saturated heterocycles. The van der Waals surface area contributed by atoms with Crippen molar-refractivity contribution in [1.29, 1.82) is 0 Å². The number of halogens is 2. The first-order chi connectivity index (χ1) is 10.1. The van der Waals surface area contributed by atoms with Crippen molar-refractivity contribution < 1.29 is 21.0 Å². The van der Waals surface area contributed by atoms with Gasteiger partial charge < -0.3 is 4.18 Å². The van der Waals surface area contributed by atoms with Gasteiger partial charge in [-0.25, -0.2) is 13.6 Å². The molecule has 118 valence electrons. The van der Waals surface area contributed by atoms with Crippen molar-refractivity contribution >= 4 is 43.3 Å². The standard InChI is InChI=1S/C12H9Cl2NO5S2/c13-10-2-1-3-11(12(10)14)20-22(18,19)9-6-4-8(5-7-9)21(15,16)17/h1-7H,(H2,15,16,17). The van der Waals surface area contributed by atoms with Gasteiger partial charge in [0.05, 0.1) is 9.92 Å². The minimum atomic E-state index is -4.19. The van der Waals surface area contributed by atoms with Crippen LogP contribution in [0.1, 0.15) is 0 Å². The van der Waals surface area contributed by atoms with Crippen molar-refractivity contribution in [2.45, 2.75) is 9.79 Å². The number of hydrogen-bond acceptors (Lipinski definition) is 5. The Balaban J connectivity index is 2.37. The van der Waals surface area contributed by atoms with Crippen molar-refractivity contribution in [3.05, 3.63) is 52.5 Å². The Morgan fingerprint density at radius 1 is 0.864 bits per heavy atom. The fourth-order valence-corrected chi connectivity index (χ4v) is 3.34. The zero-order chi connectivity index (χ0) is 16.5. The van der Waals surface area contributed by atoms with E-state index in [1.807, 2.05) is 0 Å².